The summed E-state index contributed by atoms with van der Waals surface area (Å²) in [5.41, 5.74) is 0.822. The van der Waals surface area contributed by atoms with Gasteiger partial charge in [-0.25, -0.2) is 8.42 Å². The largest absolute Gasteiger partial charge is 0.383 e. The van der Waals surface area contributed by atoms with E-state index in [1.54, 1.807) is 12.1 Å². The minimum absolute atomic E-state index is 0.113. The van der Waals surface area contributed by atoms with Crippen molar-refractivity contribution in [2.24, 2.45) is 5.41 Å². The lowest BCUT2D eigenvalue weighted by atomic mass is 9.97. The summed E-state index contributed by atoms with van der Waals surface area (Å²) in [5, 5.41) is 3.24. The second-order valence-corrected chi connectivity index (χ2v) is 7.81. The topological polar surface area (TPSA) is 46.2 Å². The normalized spacial score (nSPS) is 12.4. The average molecular weight is 269 g/mol. The van der Waals surface area contributed by atoms with Crippen LogP contribution in [0, 0.1) is 5.41 Å². The predicted octanol–water partition coefficient (Wildman–Crippen LogP) is 3.33. The highest BCUT2D eigenvalue weighted by Gasteiger charge is 2.18. The first-order chi connectivity index (χ1) is 8.26. The maximum absolute atomic E-state index is 12.1. The molecule has 1 aromatic rings. The zero-order chi connectivity index (χ0) is 13.8. The number of hydrogen-bond donors (Lipinski definition) is 1. The Bertz CT molecular complexity index is 487. The maximum Gasteiger partial charge on any atom is 0.180 e. The third-order valence-electron chi connectivity index (χ3n) is 2.50. The molecular weight excluding hydrogens is 246 g/mol. The van der Waals surface area contributed by atoms with Crippen molar-refractivity contribution in [1.82, 2.24) is 0 Å². The summed E-state index contributed by atoms with van der Waals surface area (Å²) in [7, 11) is -3.17. The molecule has 4 heteroatoms. The smallest absolute Gasteiger partial charge is 0.180 e. The van der Waals surface area contributed by atoms with Crippen molar-refractivity contribution in [3.05, 3.63) is 24.3 Å². The molecule has 0 atom stereocenters. The van der Waals surface area contributed by atoms with Crippen LogP contribution in [0.3, 0.4) is 0 Å². The van der Waals surface area contributed by atoms with E-state index >= 15 is 0 Å². The van der Waals surface area contributed by atoms with Crippen LogP contribution in [0.25, 0.3) is 0 Å². The quantitative estimate of drug-likeness (QED) is 0.892. The van der Waals surface area contributed by atoms with Gasteiger partial charge in [0.15, 0.2) is 9.84 Å². The highest BCUT2D eigenvalue weighted by atomic mass is 32.2. The number of nitrogens with one attached hydrogen (secondary N) is 1. The number of para-hydroxylation sites is 1. The molecule has 0 fully saturated rings. The van der Waals surface area contributed by atoms with E-state index in [-0.39, 0.29) is 11.2 Å². The molecule has 0 heterocycles. The second-order valence-electron chi connectivity index (χ2n) is 5.73. The summed E-state index contributed by atoms with van der Waals surface area (Å²) < 4.78 is 24.3. The highest BCUT2D eigenvalue weighted by Crippen LogP contribution is 2.24. The second kappa shape index (κ2) is 5.74. The minimum Gasteiger partial charge on any atom is -0.383 e. The zero-order valence-corrected chi connectivity index (χ0v) is 12.5. The van der Waals surface area contributed by atoms with Gasteiger partial charge in [0.2, 0.25) is 0 Å². The standard InChI is InChI=1S/C14H23NO2S/c1-5-10-18(16,17)13-9-7-6-8-12(13)15-11-14(2,3)4/h6-9,15H,5,10-11H2,1-4H3. The van der Waals surface area contributed by atoms with Crippen LogP contribution in [-0.4, -0.2) is 20.7 Å². The number of rotatable bonds is 5. The van der Waals surface area contributed by atoms with Gasteiger partial charge in [-0.15, -0.1) is 0 Å². The van der Waals surface area contributed by atoms with E-state index < -0.39 is 9.84 Å². The molecule has 3 nitrogen and oxygen atoms in total. The first-order valence-electron chi connectivity index (χ1n) is 6.32. The molecule has 0 amide bonds. The van der Waals surface area contributed by atoms with Crippen molar-refractivity contribution in [1.29, 1.82) is 0 Å². The van der Waals surface area contributed by atoms with Crippen molar-refractivity contribution in [3.8, 4) is 0 Å². The molecule has 0 saturated carbocycles. The number of benzene rings is 1. The van der Waals surface area contributed by atoms with Gasteiger partial charge in [-0.2, -0.15) is 0 Å². The Kier molecular flexibility index (Phi) is 4.79. The SMILES string of the molecule is CCCS(=O)(=O)c1ccccc1NCC(C)(C)C. The minimum atomic E-state index is -3.17. The van der Waals surface area contributed by atoms with E-state index in [0.29, 0.717) is 17.0 Å². The Balaban J connectivity index is 3.00. The van der Waals surface area contributed by atoms with E-state index in [1.165, 1.54) is 0 Å². The fourth-order valence-electron chi connectivity index (χ4n) is 1.62. The van der Waals surface area contributed by atoms with Crippen molar-refractivity contribution in [3.63, 3.8) is 0 Å². The molecule has 1 N–H and O–H groups in total. The number of anilines is 1. The van der Waals surface area contributed by atoms with Gasteiger partial charge in [0.05, 0.1) is 16.3 Å². The van der Waals surface area contributed by atoms with Gasteiger partial charge in [0, 0.05) is 6.54 Å². The maximum atomic E-state index is 12.1. The van der Waals surface area contributed by atoms with Crippen LogP contribution in [0.4, 0.5) is 5.69 Å². The van der Waals surface area contributed by atoms with Gasteiger partial charge in [-0.05, 0) is 24.0 Å². The van der Waals surface area contributed by atoms with Crippen molar-refractivity contribution < 1.29 is 8.42 Å². The third kappa shape index (κ3) is 4.33. The van der Waals surface area contributed by atoms with E-state index in [4.69, 9.17) is 0 Å². The van der Waals surface area contributed by atoms with Crippen molar-refractivity contribution >= 4 is 15.5 Å². The monoisotopic (exact) mass is 269 g/mol. The molecule has 0 aliphatic heterocycles. The van der Waals surface area contributed by atoms with Gasteiger partial charge in [-0.1, -0.05) is 39.8 Å². The Morgan fingerprint density at radius 2 is 1.78 bits per heavy atom. The molecule has 1 rings (SSSR count). The molecule has 1 aromatic carbocycles. The summed E-state index contributed by atoms with van der Waals surface area (Å²) in [6.45, 7) is 8.96. The Hall–Kier alpha value is -1.03. The van der Waals surface area contributed by atoms with Crippen LogP contribution in [0.5, 0.6) is 0 Å². The van der Waals surface area contributed by atoms with Crippen LogP contribution in [0.2, 0.25) is 0 Å². The molecule has 0 unspecified atom stereocenters. The lowest BCUT2D eigenvalue weighted by Crippen LogP contribution is -2.20. The van der Waals surface area contributed by atoms with E-state index in [2.05, 4.69) is 26.1 Å². The fourth-order valence-corrected chi connectivity index (χ4v) is 3.14. The summed E-state index contributed by atoms with van der Waals surface area (Å²) in [6.07, 6.45) is 0.635. The van der Waals surface area contributed by atoms with E-state index in [0.717, 1.165) is 6.54 Å². The van der Waals surface area contributed by atoms with Crippen molar-refractivity contribution in [2.75, 3.05) is 17.6 Å². The first-order valence-corrected chi connectivity index (χ1v) is 7.97. The molecule has 0 saturated heterocycles. The molecular formula is C14H23NO2S. The Morgan fingerprint density at radius 3 is 2.33 bits per heavy atom. The molecule has 0 radical (unpaired) electrons. The van der Waals surface area contributed by atoms with Crippen LogP contribution < -0.4 is 5.32 Å². The summed E-state index contributed by atoms with van der Waals surface area (Å²) in [4.78, 5) is 0.413. The van der Waals surface area contributed by atoms with Crippen LogP contribution in [-0.2, 0) is 9.84 Å². The third-order valence-corrected chi connectivity index (χ3v) is 4.48. The highest BCUT2D eigenvalue weighted by molar-refractivity contribution is 7.91. The lowest BCUT2D eigenvalue weighted by Gasteiger charge is -2.21. The molecule has 0 aliphatic carbocycles. The Labute approximate surface area is 111 Å². The average Bonchev–Trinajstić information content (AvgIpc) is 2.26. The van der Waals surface area contributed by atoms with Crippen LogP contribution in [0.15, 0.2) is 29.2 Å². The summed E-state index contributed by atoms with van der Waals surface area (Å²) in [5.74, 6) is 0.196. The molecule has 0 aliphatic rings. The fraction of sp³-hybridized carbons (Fsp3) is 0.571. The van der Waals surface area contributed by atoms with Gasteiger partial charge in [0.1, 0.15) is 0 Å². The number of hydrogen-bond acceptors (Lipinski definition) is 3. The number of sulfone groups is 1. The predicted molar refractivity (Wildman–Crippen MR) is 76.7 cm³/mol. The zero-order valence-electron chi connectivity index (χ0n) is 11.7. The summed E-state index contributed by atoms with van der Waals surface area (Å²) in [6, 6.07) is 7.13. The van der Waals surface area contributed by atoms with Crippen LogP contribution in [0.1, 0.15) is 34.1 Å². The molecule has 18 heavy (non-hydrogen) atoms. The molecule has 0 spiro atoms. The molecule has 0 aromatic heterocycles. The first kappa shape index (κ1) is 15.0. The van der Waals surface area contributed by atoms with Crippen LogP contribution >= 0.6 is 0 Å². The van der Waals surface area contributed by atoms with Gasteiger partial charge in [-0.3, -0.25) is 0 Å². The lowest BCUT2D eigenvalue weighted by molar-refractivity contribution is 0.442. The Morgan fingerprint density at radius 1 is 1.17 bits per heavy atom. The summed E-state index contributed by atoms with van der Waals surface area (Å²) >= 11 is 0. The van der Waals surface area contributed by atoms with Gasteiger partial charge in [0.25, 0.3) is 0 Å². The van der Waals surface area contributed by atoms with Crippen molar-refractivity contribution in [2.45, 2.75) is 39.0 Å². The molecule has 0 bridgehead atoms. The van der Waals surface area contributed by atoms with E-state index in [1.807, 2.05) is 19.1 Å². The van der Waals surface area contributed by atoms with E-state index in [9.17, 15) is 8.42 Å². The molecule has 102 valence electrons. The van der Waals surface area contributed by atoms with Gasteiger partial charge >= 0.3 is 0 Å². The van der Waals surface area contributed by atoms with Gasteiger partial charge < -0.3 is 5.32 Å².